The molecule has 0 fully saturated rings. The summed E-state index contributed by atoms with van der Waals surface area (Å²) in [6, 6.07) is 6.38. The van der Waals surface area contributed by atoms with Crippen molar-refractivity contribution < 1.29 is 4.74 Å². The van der Waals surface area contributed by atoms with E-state index in [0.717, 1.165) is 18.8 Å². The molecule has 0 saturated heterocycles. The van der Waals surface area contributed by atoms with Crippen LogP contribution in [-0.2, 0) is 6.42 Å². The van der Waals surface area contributed by atoms with Crippen LogP contribution < -0.4 is 4.74 Å². The third kappa shape index (κ3) is 1.92. The number of fused-ring (bicyclic) bond motifs is 1. The highest BCUT2D eigenvalue weighted by atomic mass is 16.5. The molecule has 0 amide bonds. The van der Waals surface area contributed by atoms with Crippen molar-refractivity contribution in [3.63, 3.8) is 0 Å². The molecule has 1 heteroatoms. The Hall–Kier alpha value is -0.980. The Balaban J connectivity index is 2.06. The van der Waals surface area contributed by atoms with Crippen LogP contribution in [0.5, 0.6) is 5.75 Å². The second-order valence-electron chi connectivity index (χ2n) is 3.77. The lowest BCUT2D eigenvalue weighted by Crippen LogP contribution is -1.98. The van der Waals surface area contributed by atoms with E-state index in [-0.39, 0.29) is 0 Å². The SMILES string of the molecule is CCCCOc1cccc2c1[CH]CC2. The van der Waals surface area contributed by atoms with Crippen LogP contribution >= 0.6 is 0 Å². The molecule has 0 aromatic heterocycles. The van der Waals surface area contributed by atoms with E-state index in [4.69, 9.17) is 4.74 Å². The first-order chi connectivity index (χ1) is 6.92. The molecule has 0 saturated carbocycles. The zero-order valence-electron chi connectivity index (χ0n) is 8.75. The van der Waals surface area contributed by atoms with Gasteiger partial charge in [-0.3, -0.25) is 0 Å². The van der Waals surface area contributed by atoms with Crippen LogP contribution in [0.4, 0.5) is 0 Å². The lowest BCUT2D eigenvalue weighted by Gasteiger charge is -2.09. The summed E-state index contributed by atoms with van der Waals surface area (Å²) in [7, 11) is 0. The van der Waals surface area contributed by atoms with E-state index in [0.29, 0.717) is 0 Å². The third-order valence-electron chi connectivity index (χ3n) is 2.67. The van der Waals surface area contributed by atoms with Crippen LogP contribution in [0.15, 0.2) is 18.2 Å². The van der Waals surface area contributed by atoms with Gasteiger partial charge in [0.25, 0.3) is 0 Å². The van der Waals surface area contributed by atoms with Crippen molar-refractivity contribution in [1.29, 1.82) is 0 Å². The molecule has 0 bridgehead atoms. The molecule has 0 heterocycles. The van der Waals surface area contributed by atoms with Gasteiger partial charge in [0, 0.05) is 5.56 Å². The standard InChI is InChI=1S/C13H17O/c1-2-3-10-14-13-9-5-7-11-6-4-8-12(11)13/h5,7-9H,2-4,6,10H2,1H3. The number of unbranched alkanes of at least 4 members (excludes halogenated alkanes) is 1. The summed E-state index contributed by atoms with van der Waals surface area (Å²) in [6.07, 6.45) is 6.98. The minimum absolute atomic E-state index is 0.848. The monoisotopic (exact) mass is 189 g/mol. The molecular formula is C13H17O. The maximum atomic E-state index is 5.76. The van der Waals surface area contributed by atoms with Crippen LogP contribution in [-0.4, -0.2) is 6.61 Å². The van der Waals surface area contributed by atoms with E-state index in [1.54, 1.807) is 0 Å². The van der Waals surface area contributed by atoms with Gasteiger partial charge in [-0.15, -0.1) is 0 Å². The van der Waals surface area contributed by atoms with Gasteiger partial charge < -0.3 is 4.74 Å². The smallest absolute Gasteiger partial charge is 0.123 e. The Morgan fingerprint density at radius 2 is 2.29 bits per heavy atom. The topological polar surface area (TPSA) is 9.23 Å². The molecule has 75 valence electrons. The largest absolute Gasteiger partial charge is 0.493 e. The average Bonchev–Trinajstić information content (AvgIpc) is 2.67. The van der Waals surface area contributed by atoms with Crippen LogP contribution in [0.3, 0.4) is 0 Å². The van der Waals surface area contributed by atoms with Gasteiger partial charge in [-0.05, 0) is 37.3 Å². The number of hydrogen-bond donors (Lipinski definition) is 0. The predicted octanol–water partition coefficient (Wildman–Crippen LogP) is 3.36. The van der Waals surface area contributed by atoms with Crippen LogP contribution in [0.2, 0.25) is 0 Å². The van der Waals surface area contributed by atoms with Gasteiger partial charge in [0.1, 0.15) is 5.75 Å². The fraction of sp³-hybridized carbons (Fsp3) is 0.462. The van der Waals surface area contributed by atoms with Crippen LogP contribution in [0, 0.1) is 6.42 Å². The molecule has 1 nitrogen and oxygen atoms in total. The first kappa shape index (κ1) is 9.57. The molecule has 0 unspecified atom stereocenters. The molecule has 1 aromatic carbocycles. The van der Waals surface area contributed by atoms with Crippen molar-refractivity contribution in [2.45, 2.75) is 32.6 Å². The van der Waals surface area contributed by atoms with E-state index in [1.807, 2.05) is 0 Å². The number of hydrogen-bond acceptors (Lipinski definition) is 1. The average molecular weight is 189 g/mol. The number of benzene rings is 1. The minimum Gasteiger partial charge on any atom is -0.493 e. The highest BCUT2D eigenvalue weighted by molar-refractivity contribution is 5.48. The second kappa shape index (κ2) is 4.50. The molecule has 14 heavy (non-hydrogen) atoms. The molecule has 1 aromatic rings. The fourth-order valence-corrected chi connectivity index (χ4v) is 1.86. The first-order valence-electron chi connectivity index (χ1n) is 5.49. The Labute approximate surface area is 86.1 Å². The van der Waals surface area contributed by atoms with Crippen LogP contribution in [0.25, 0.3) is 0 Å². The van der Waals surface area contributed by atoms with Gasteiger partial charge in [-0.1, -0.05) is 25.5 Å². The molecule has 0 atom stereocenters. The predicted molar refractivity (Wildman–Crippen MR) is 58.6 cm³/mol. The van der Waals surface area contributed by atoms with Crippen molar-refractivity contribution in [2.75, 3.05) is 6.61 Å². The van der Waals surface area contributed by atoms with Gasteiger partial charge in [-0.2, -0.15) is 0 Å². The first-order valence-corrected chi connectivity index (χ1v) is 5.49. The summed E-state index contributed by atoms with van der Waals surface area (Å²) >= 11 is 0. The zero-order valence-corrected chi connectivity index (χ0v) is 8.75. The molecular weight excluding hydrogens is 172 g/mol. The van der Waals surface area contributed by atoms with E-state index < -0.39 is 0 Å². The molecule has 1 radical (unpaired) electrons. The summed E-state index contributed by atoms with van der Waals surface area (Å²) in [4.78, 5) is 0. The summed E-state index contributed by atoms with van der Waals surface area (Å²) in [5.41, 5.74) is 2.78. The van der Waals surface area contributed by atoms with Crippen molar-refractivity contribution in [1.82, 2.24) is 0 Å². The Morgan fingerprint density at radius 1 is 1.36 bits per heavy atom. The van der Waals surface area contributed by atoms with Crippen molar-refractivity contribution >= 4 is 0 Å². The van der Waals surface area contributed by atoms with Crippen molar-refractivity contribution in [2.24, 2.45) is 0 Å². The number of ether oxygens (including phenoxy) is 1. The van der Waals surface area contributed by atoms with Crippen LogP contribution in [0.1, 0.15) is 37.3 Å². The highest BCUT2D eigenvalue weighted by Gasteiger charge is 2.14. The molecule has 0 N–H and O–H groups in total. The van der Waals surface area contributed by atoms with Gasteiger partial charge in [0.05, 0.1) is 6.61 Å². The normalized spacial score (nSPS) is 14.1. The maximum Gasteiger partial charge on any atom is 0.123 e. The van der Waals surface area contributed by atoms with E-state index >= 15 is 0 Å². The van der Waals surface area contributed by atoms with Crippen molar-refractivity contribution in [3.05, 3.63) is 35.7 Å². The van der Waals surface area contributed by atoms with E-state index in [1.165, 1.54) is 30.4 Å². The maximum absolute atomic E-state index is 5.76. The number of rotatable bonds is 4. The molecule has 0 aliphatic heterocycles. The van der Waals surface area contributed by atoms with Gasteiger partial charge in [-0.25, -0.2) is 0 Å². The van der Waals surface area contributed by atoms with Gasteiger partial charge in [0.2, 0.25) is 0 Å². The lowest BCUT2D eigenvalue weighted by molar-refractivity contribution is 0.308. The quantitative estimate of drug-likeness (QED) is 0.660. The van der Waals surface area contributed by atoms with Gasteiger partial charge in [0.15, 0.2) is 0 Å². The summed E-state index contributed by atoms with van der Waals surface area (Å²) in [6.45, 7) is 3.03. The summed E-state index contributed by atoms with van der Waals surface area (Å²) < 4.78 is 5.76. The molecule has 1 aliphatic carbocycles. The Morgan fingerprint density at radius 3 is 3.14 bits per heavy atom. The summed E-state index contributed by atoms with van der Waals surface area (Å²) in [5, 5.41) is 0. The highest BCUT2D eigenvalue weighted by Crippen LogP contribution is 2.31. The second-order valence-corrected chi connectivity index (χ2v) is 3.77. The van der Waals surface area contributed by atoms with Gasteiger partial charge >= 0.3 is 0 Å². The fourth-order valence-electron chi connectivity index (χ4n) is 1.86. The lowest BCUT2D eigenvalue weighted by atomic mass is 10.1. The Kier molecular flexibility index (Phi) is 3.07. The number of aryl methyl sites for hydroxylation is 1. The minimum atomic E-state index is 0.848. The zero-order chi connectivity index (χ0) is 9.80. The Bertz CT molecular complexity index is 304. The molecule has 2 rings (SSSR count). The molecule has 1 aliphatic rings. The van der Waals surface area contributed by atoms with E-state index in [2.05, 4.69) is 31.5 Å². The summed E-state index contributed by atoms with van der Waals surface area (Å²) in [5.74, 6) is 1.08. The van der Waals surface area contributed by atoms with E-state index in [9.17, 15) is 0 Å². The third-order valence-corrected chi connectivity index (χ3v) is 2.67. The van der Waals surface area contributed by atoms with Crippen molar-refractivity contribution in [3.8, 4) is 5.75 Å². The molecule has 0 spiro atoms.